The Morgan fingerprint density at radius 1 is 1.19 bits per heavy atom. The summed E-state index contributed by atoms with van der Waals surface area (Å²) < 4.78 is 27.1. The number of carboxylic acids is 1. The number of nitrogens with one attached hydrogen (secondary N) is 1. The molecular formula is C14H16N2O4S. The van der Waals surface area contributed by atoms with Crippen LogP contribution in [0.25, 0.3) is 10.9 Å². The van der Waals surface area contributed by atoms with Crippen LogP contribution in [0.4, 0.5) is 0 Å². The molecule has 21 heavy (non-hydrogen) atoms. The van der Waals surface area contributed by atoms with Gasteiger partial charge in [-0.3, -0.25) is 9.78 Å². The van der Waals surface area contributed by atoms with Gasteiger partial charge in [0.15, 0.2) is 0 Å². The smallest absolute Gasteiger partial charge is 0.303 e. The molecule has 2 rings (SSSR count). The fourth-order valence-corrected chi connectivity index (χ4v) is 3.28. The molecule has 112 valence electrons. The summed E-state index contributed by atoms with van der Waals surface area (Å²) in [4.78, 5) is 14.7. The van der Waals surface area contributed by atoms with Gasteiger partial charge in [0.05, 0.1) is 10.4 Å². The second kappa shape index (κ2) is 6.64. The van der Waals surface area contributed by atoms with Crippen LogP contribution in [-0.4, -0.2) is 31.0 Å². The van der Waals surface area contributed by atoms with Gasteiger partial charge in [-0.05, 0) is 37.1 Å². The standard InChI is InChI=1S/C14H16N2O4S/c17-14(18)8-1-2-10-16-21(19,20)13-7-3-6-12-11(13)5-4-9-15-12/h3-7,9,16H,1-2,8,10H2,(H,17,18). The van der Waals surface area contributed by atoms with Crippen LogP contribution in [-0.2, 0) is 14.8 Å². The lowest BCUT2D eigenvalue weighted by Gasteiger charge is -2.08. The average molecular weight is 308 g/mol. The minimum absolute atomic E-state index is 0.0416. The van der Waals surface area contributed by atoms with E-state index in [-0.39, 0.29) is 17.9 Å². The van der Waals surface area contributed by atoms with E-state index in [4.69, 9.17) is 5.11 Å². The molecule has 2 N–H and O–H groups in total. The van der Waals surface area contributed by atoms with Gasteiger partial charge in [-0.15, -0.1) is 0 Å². The largest absolute Gasteiger partial charge is 0.481 e. The average Bonchev–Trinajstić information content (AvgIpc) is 2.46. The van der Waals surface area contributed by atoms with Gasteiger partial charge in [0.2, 0.25) is 10.0 Å². The molecule has 0 spiro atoms. The number of hydrogen-bond donors (Lipinski definition) is 2. The van der Waals surface area contributed by atoms with E-state index in [0.29, 0.717) is 23.7 Å². The fourth-order valence-electron chi connectivity index (χ4n) is 1.99. The van der Waals surface area contributed by atoms with E-state index in [1.165, 1.54) is 6.07 Å². The maximum absolute atomic E-state index is 12.3. The first kappa shape index (κ1) is 15.4. The third-order valence-corrected chi connectivity index (χ3v) is 4.52. The molecule has 0 aliphatic rings. The van der Waals surface area contributed by atoms with E-state index >= 15 is 0 Å². The van der Waals surface area contributed by atoms with Crippen molar-refractivity contribution in [3.8, 4) is 0 Å². The fraction of sp³-hybridized carbons (Fsp3) is 0.286. The third kappa shape index (κ3) is 3.99. The monoisotopic (exact) mass is 308 g/mol. The lowest BCUT2D eigenvalue weighted by Crippen LogP contribution is -2.25. The lowest BCUT2D eigenvalue weighted by atomic mass is 10.2. The van der Waals surface area contributed by atoms with Crippen molar-refractivity contribution in [2.75, 3.05) is 6.54 Å². The molecule has 0 radical (unpaired) electrons. The van der Waals surface area contributed by atoms with E-state index in [1.807, 2.05) is 0 Å². The van der Waals surface area contributed by atoms with Crippen LogP contribution >= 0.6 is 0 Å². The Balaban J connectivity index is 2.10. The van der Waals surface area contributed by atoms with Crippen LogP contribution in [0.15, 0.2) is 41.4 Å². The number of aliphatic carboxylic acids is 1. The van der Waals surface area contributed by atoms with E-state index in [9.17, 15) is 13.2 Å². The molecule has 0 unspecified atom stereocenters. The minimum atomic E-state index is -3.63. The highest BCUT2D eigenvalue weighted by atomic mass is 32.2. The van der Waals surface area contributed by atoms with Crippen molar-refractivity contribution in [1.29, 1.82) is 0 Å². The first-order valence-corrected chi connectivity index (χ1v) is 8.04. The molecule has 0 amide bonds. The van der Waals surface area contributed by atoms with Crippen molar-refractivity contribution in [3.05, 3.63) is 36.5 Å². The summed E-state index contributed by atoms with van der Waals surface area (Å²) in [6.07, 6.45) is 2.57. The van der Waals surface area contributed by atoms with Crippen molar-refractivity contribution in [2.24, 2.45) is 0 Å². The molecule has 0 saturated heterocycles. The molecule has 0 aliphatic heterocycles. The SMILES string of the molecule is O=C(O)CCCCNS(=O)(=O)c1cccc2ncccc12. The number of sulfonamides is 1. The highest BCUT2D eigenvalue weighted by Gasteiger charge is 2.16. The molecule has 1 heterocycles. The topological polar surface area (TPSA) is 96.4 Å². The quantitative estimate of drug-likeness (QED) is 0.760. The zero-order chi connectivity index (χ0) is 15.3. The number of rotatable bonds is 7. The van der Waals surface area contributed by atoms with Crippen LogP contribution in [0.1, 0.15) is 19.3 Å². The van der Waals surface area contributed by atoms with Gasteiger partial charge >= 0.3 is 5.97 Å². The first-order valence-electron chi connectivity index (χ1n) is 6.56. The summed E-state index contributed by atoms with van der Waals surface area (Å²) in [5.74, 6) is -0.877. The Morgan fingerprint density at radius 2 is 2.00 bits per heavy atom. The summed E-state index contributed by atoms with van der Waals surface area (Å²) in [6.45, 7) is 0.215. The Bertz CT molecular complexity index is 738. The van der Waals surface area contributed by atoms with Gasteiger partial charge in [0.25, 0.3) is 0 Å². The highest BCUT2D eigenvalue weighted by molar-refractivity contribution is 7.89. The Hall–Kier alpha value is -1.99. The lowest BCUT2D eigenvalue weighted by molar-refractivity contribution is -0.137. The van der Waals surface area contributed by atoms with Crippen LogP contribution < -0.4 is 4.72 Å². The Kier molecular flexibility index (Phi) is 4.87. The highest BCUT2D eigenvalue weighted by Crippen LogP contribution is 2.20. The molecule has 1 aromatic heterocycles. The zero-order valence-corrected chi connectivity index (χ0v) is 12.1. The third-order valence-electron chi connectivity index (χ3n) is 3.00. The van der Waals surface area contributed by atoms with Gasteiger partial charge in [0, 0.05) is 24.5 Å². The molecule has 0 saturated carbocycles. The number of fused-ring (bicyclic) bond motifs is 1. The first-order chi connectivity index (χ1) is 10.0. The number of nitrogens with zero attached hydrogens (tertiary/aromatic N) is 1. The van der Waals surface area contributed by atoms with Crippen molar-refractivity contribution in [1.82, 2.24) is 9.71 Å². The zero-order valence-electron chi connectivity index (χ0n) is 11.3. The number of hydrogen-bond acceptors (Lipinski definition) is 4. The molecule has 6 nitrogen and oxygen atoms in total. The summed E-state index contributed by atoms with van der Waals surface area (Å²) in [5, 5.41) is 9.09. The second-order valence-corrected chi connectivity index (χ2v) is 6.31. The number of benzene rings is 1. The van der Waals surface area contributed by atoms with E-state index in [2.05, 4.69) is 9.71 Å². The van der Waals surface area contributed by atoms with Gasteiger partial charge in [-0.25, -0.2) is 13.1 Å². The summed E-state index contributed by atoms with van der Waals surface area (Å²) in [6, 6.07) is 8.33. The summed E-state index contributed by atoms with van der Waals surface area (Å²) in [5.41, 5.74) is 0.617. The second-order valence-electron chi connectivity index (χ2n) is 4.57. The number of unbranched alkanes of at least 4 members (excludes halogenated alkanes) is 1. The molecule has 0 bridgehead atoms. The van der Waals surface area contributed by atoms with E-state index < -0.39 is 16.0 Å². The summed E-state index contributed by atoms with van der Waals surface area (Å²) in [7, 11) is -3.63. The van der Waals surface area contributed by atoms with Crippen molar-refractivity contribution in [2.45, 2.75) is 24.2 Å². The van der Waals surface area contributed by atoms with Crippen molar-refractivity contribution in [3.63, 3.8) is 0 Å². The Morgan fingerprint density at radius 3 is 2.76 bits per heavy atom. The van der Waals surface area contributed by atoms with Crippen LogP contribution in [0.5, 0.6) is 0 Å². The number of pyridine rings is 1. The Labute approximate surface area is 122 Å². The molecule has 7 heteroatoms. The van der Waals surface area contributed by atoms with Crippen molar-refractivity contribution >= 4 is 26.9 Å². The van der Waals surface area contributed by atoms with E-state index in [1.54, 1.807) is 30.5 Å². The van der Waals surface area contributed by atoms with Gasteiger partial charge < -0.3 is 5.11 Å². The molecule has 0 fully saturated rings. The molecule has 2 aromatic rings. The van der Waals surface area contributed by atoms with Crippen LogP contribution in [0.3, 0.4) is 0 Å². The predicted molar refractivity (Wildman–Crippen MR) is 78.4 cm³/mol. The number of carbonyl (C=O) groups is 1. The molecular weight excluding hydrogens is 292 g/mol. The molecule has 1 aromatic carbocycles. The van der Waals surface area contributed by atoms with Gasteiger partial charge in [0.1, 0.15) is 0 Å². The maximum atomic E-state index is 12.3. The van der Waals surface area contributed by atoms with Gasteiger partial charge in [-0.2, -0.15) is 0 Å². The maximum Gasteiger partial charge on any atom is 0.303 e. The van der Waals surface area contributed by atoms with Crippen molar-refractivity contribution < 1.29 is 18.3 Å². The predicted octanol–water partition coefficient (Wildman–Crippen LogP) is 1.77. The molecule has 0 aliphatic carbocycles. The van der Waals surface area contributed by atoms with Crippen LogP contribution in [0, 0.1) is 0 Å². The minimum Gasteiger partial charge on any atom is -0.481 e. The normalized spacial score (nSPS) is 11.6. The van der Waals surface area contributed by atoms with Crippen LogP contribution in [0.2, 0.25) is 0 Å². The summed E-state index contributed by atoms with van der Waals surface area (Å²) >= 11 is 0. The number of aromatic nitrogens is 1. The molecule has 0 atom stereocenters. The van der Waals surface area contributed by atoms with E-state index in [0.717, 1.165) is 0 Å². The number of carboxylic acid groups (broad SMARTS) is 1. The van der Waals surface area contributed by atoms with Gasteiger partial charge in [-0.1, -0.05) is 6.07 Å².